The molecule has 20 heavy (non-hydrogen) atoms. The lowest BCUT2D eigenvalue weighted by Crippen LogP contribution is -2.40. The van der Waals surface area contributed by atoms with Gasteiger partial charge in [0.1, 0.15) is 0 Å². The molecule has 2 atom stereocenters. The summed E-state index contributed by atoms with van der Waals surface area (Å²) >= 11 is 0. The third-order valence-corrected chi connectivity index (χ3v) is 5.91. The van der Waals surface area contributed by atoms with Crippen molar-refractivity contribution >= 4 is 0 Å². The molecule has 3 aliphatic carbocycles. The molecular formula is C18H26N2. The van der Waals surface area contributed by atoms with Gasteiger partial charge in [-0.25, -0.2) is 0 Å². The van der Waals surface area contributed by atoms with Crippen LogP contribution in [0.25, 0.3) is 0 Å². The predicted octanol–water partition coefficient (Wildman–Crippen LogP) is 2.89. The maximum atomic E-state index is 6.02. The zero-order valence-corrected chi connectivity index (χ0v) is 12.3. The molecule has 1 spiro atoms. The number of nitrogens with two attached hydrogens (primary N) is 1. The van der Waals surface area contributed by atoms with E-state index in [0.29, 0.717) is 17.5 Å². The van der Waals surface area contributed by atoms with Crippen molar-refractivity contribution in [2.24, 2.45) is 5.73 Å². The van der Waals surface area contributed by atoms with E-state index in [4.69, 9.17) is 5.73 Å². The summed E-state index contributed by atoms with van der Waals surface area (Å²) in [5, 5.41) is 3.96. The highest BCUT2D eigenvalue weighted by Gasteiger charge is 2.56. The molecule has 2 nitrogen and oxygen atoms in total. The minimum atomic E-state index is 0.455. The summed E-state index contributed by atoms with van der Waals surface area (Å²) in [7, 11) is 0. The number of hydrogen-bond donors (Lipinski definition) is 2. The first-order valence-electron chi connectivity index (χ1n) is 8.38. The van der Waals surface area contributed by atoms with Crippen LogP contribution in [-0.4, -0.2) is 18.1 Å². The average Bonchev–Trinajstić information content (AvgIpc) is 3.15. The Kier molecular flexibility index (Phi) is 3.12. The van der Waals surface area contributed by atoms with Crippen LogP contribution >= 0.6 is 0 Å². The monoisotopic (exact) mass is 270 g/mol. The lowest BCUT2D eigenvalue weighted by atomic mass is 9.79. The van der Waals surface area contributed by atoms with Crippen LogP contribution in [0.1, 0.15) is 56.1 Å². The van der Waals surface area contributed by atoms with E-state index < -0.39 is 0 Å². The normalized spacial score (nSPS) is 39.5. The van der Waals surface area contributed by atoms with Gasteiger partial charge in [0.15, 0.2) is 0 Å². The van der Waals surface area contributed by atoms with Gasteiger partial charge in [-0.2, -0.15) is 0 Å². The van der Waals surface area contributed by atoms with Crippen LogP contribution in [0.15, 0.2) is 24.3 Å². The summed E-state index contributed by atoms with van der Waals surface area (Å²) in [5.74, 6) is 0. The van der Waals surface area contributed by atoms with Crippen molar-refractivity contribution in [2.45, 2.75) is 74.9 Å². The summed E-state index contributed by atoms with van der Waals surface area (Å²) in [6, 6.07) is 11.0. The van der Waals surface area contributed by atoms with Crippen LogP contribution in [0.2, 0.25) is 0 Å². The minimum Gasteiger partial charge on any atom is -0.328 e. The van der Waals surface area contributed by atoms with E-state index in [1.165, 1.54) is 51.4 Å². The van der Waals surface area contributed by atoms with Gasteiger partial charge in [0.2, 0.25) is 0 Å². The molecule has 4 rings (SSSR count). The van der Waals surface area contributed by atoms with Crippen molar-refractivity contribution in [3.63, 3.8) is 0 Å². The fraction of sp³-hybridized carbons (Fsp3) is 0.667. The zero-order valence-electron chi connectivity index (χ0n) is 12.3. The van der Waals surface area contributed by atoms with Crippen molar-refractivity contribution in [1.82, 2.24) is 5.32 Å². The Morgan fingerprint density at radius 3 is 2.75 bits per heavy atom. The zero-order chi connectivity index (χ0) is 13.6. The molecule has 3 N–H and O–H groups in total. The Bertz CT molecular complexity index is 490. The van der Waals surface area contributed by atoms with Crippen molar-refractivity contribution < 1.29 is 0 Å². The van der Waals surface area contributed by atoms with Gasteiger partial charge in [0.05, 0.1) is 0 Å². The highest BCUT2D eigenvalue weighted by atomic mass is 15.0. The topological polar surface area (TPSA) is 38.0 Å². The van der Waals surface area contributed by atoms with E-state index in [2.05, 4.69) is 29.6 Å². The summed E-state index contributed by atoms with van der Waals surface area (Å²) in [4.78, 5) is 0. The minimum absolute atomic E-state index is 0.455. The van der Waals surface area contributed by atoms with Crippen LogP contribution < -0.4 is 11.1 Å². The smallest absolute Gasteiger partial charge is 0.0176 e. The number of aryl methyl sites for hydroxylation is 1. The van der Waals surface area contributed by atoms with Gasteiger partial charge >= 0.3 is 0 Å². The summed E-state index contributed by atoms with van der Waals surface area (Å²) in [6.45, 7) is 0. The van der Waals surface area contributed by atoms with Crippen molar-refractivity contribution in [1.29, 1.82) is 0 Å². The lowest BCUT2D eigenvalue weighted by molar-refractivity contribution is 0.329. The molecule has 0 saturated heterocycles. The molecule has 1 aromatic rings. The first kappa shape index (κ1) is 12.8. The lowest BCUT2D eigenvalue weighted by Gasteiger charge is -2.30. The van der Waals surface area contributed by atoms with Gasteiger partial charge in [-0.1, -0.05) is 24.3 Å². The average molecular weight is 270 g/mol. The molecule has 2 heteroatoms. The summed E-state index contributed by atoms with van der Waals surface area (Å²) in [6.07, 6.45) is 10.3. The Morgan fingerprint density at radius 1 is 1.10 bits per heavy atom. The molecule has 3 aliphatic rings. The third kappa shape index (κ3) is 2.10. The second-order valence-electron chi connectivity index (χ2n) is 7.20. The Balaban J connectivity index is 1.47. The summed E-state index contributed by atoms with van der Waals surface area (Å²) < 4.78 is 0. The number of nitrogens with one attached hydrogen (secondary N) is 1. The molecule has 2 unspecified atom stereocenters. The van der Waals surface area contributed by atoms with Gasteiger partial charge in [0.25, 0.3) is 0 Å². The molecule has 0 amide bonds. The van der Waals surface area contributed by atoms with E-state index in [-0.39, 0.29) is 0 Å². The standard InChI is InChI=1S/C18H26N2/c19-14-7-9-15(10-8-14)20-17-12-18(17)11-3-5-13-4-1-2-6-16(13)18/h1-2,4,6,14-15,17,20H,3,5,7-12,19H2. The van der Waals surface area contributed by atoms with Crippen LogP contribution in [0.5, 0.6) is 0 Å². The molecule has 2 saturated carbocycles. The van der Waals surface area contributed by atoms with Crippen LogP contribution in [0.4, 0.5) is 0 Å². The van der Waals surface area contributed by atoms with Gasteiger partial charge in [-0.05, 0) is 62.5 Å². The van der Waals surface area contributed by atoms with E-state index >= 15 is 0 Å². The molecule has 0 bridgehead atoms. The Morgan fingerprint density at radius 2 is 1.90 bits per heavy atom. The first-order chi connectivity index (χ1) is 9.78. The van der Waals surface area contributed by atoms with Gasteiger partial charge < -0.3 is 11.1 Å². The fourth-order valence-corrected chi connectivity index (χ4v) is 4.62. The second-order valence-corrected chi connectivity index (χ2v) is 7.20. The maximum absolute atomic E-state index is 6.02. The Labute approximate surface area is 122 Å². The number of hydrogen-bond acceptors (Lipinski definition) is 2. The summed E-state index contributed by atoms with van der Waals surface area (Å²) in [5.41, 5.74) is 9.75. The fourth-order valence-electron chi connectivity index (χ4n) is 4.62. The predicted molar refractivity (Wildman–Crippen MR) is 82.8 cm³/mol. The number of benzene rings is 1. The van der Waals surface area contributed by atoms with Crippen LogP contribution in [-0.2, 0) is 11.8 Å². The van der Waals surface area contributed by atoms with Crippen LogP contribution in [0, 0.1) is 0 Å². The van der Waals surface area contributed by atoms with Crippen molar-refractivity contribution in [2.75, 3.05) is 0 Å². The van der Waals surface area contributed by atoms with Crippen LogP contribution in [0.3, 0.4) is 0 Å². The maximum Gasteiger partial charge on any atom is 0.0176 e. The molecule has 0 aromatic heterocycles. The van der Waals surface area contributed by atoms with E-state index in [9.17, 15) is 0 Å². The molecule has 1 aromatic carbocycles. The van der Waals surface area contributed by atoms with E-state index in [1.807, 2.05) is 0 Å². The molecule has 2 fully saturated rings. The molecule has 108 valence electrons. The first-order valence-corrected chi connectivity index (χ1v) is 8.38. The molecule has 0 radical (unpaired) electrons. The second kappa shape index (κ2) is 4.85. The van der Waals surface area contributed by atoms with Crippen molar-refractivity contribution in [3.8, 4) is 0 Å². The number of fused-ring (bicyclic) bond motifs is 2. The van der Waals surface area contributed by atoms with Crippen molar-refractivity contribution in [3.05, 3.63) is 35.4 Å². The SMILES string of the molecule is NC1CCC(NC2CC23CCCc2ccccc23)CC1. The third-order valence-electron chi connectivity index (χ3n) is 5.91. The Hall–Kier alpha value is -0.860. The molecular weight excluding hydrogens is 244 g/mol. The highest BCUT2D eigenvalue weighted by Crippen LogP contribution is 2.55. The van der Waals surface area contributed by atoms with Gasteiger partial charge in [-0.15, -0.1) is 0 Å². The van der Waals surface area contributed by atoms with E-state index in [1.54, 1.807) is 11.1 Å². The molecule has 0 heterocycles. The van der Waals surface area contributed by atoms with E-state index in [0.717, 1.165) is 6.04 Å². The highest BCUT2D eigenvalue weighted by molar-refractivity contribution is 5.44. The number of rotatable bonds is 2. The van der Waals surface area contributed by atoms with Gasteiger partial charge in [0, 0.05) is 23.5 Å². The van der Waals surface area contributed by atoms with Gasteiger partial charge in [-0.3, -0.25) is 0 Å². The quantitative estimate of drug-likeness (QED) is 0.867. The molecule has 0 aliphatic heterocycles. The largest absolute Gasteiger partial charge is 0.328 e.